The number of nitrogens with zero attached hydrogens (tertiary/aromatic N) is 4. The van der Waals surface area contributed by atoms with E-state index < -0.39 is 10.0 Å². The monoisotopic (exact) mass is 339 g/mol. The summed E-state index contributed by atoms with van der Waals surface area (Å²) in [5.74, 6) is 2.33. The molecule has 0 unspecified atom stereocenters. The van der Waals surface area contributed by atoms with Crippen molar-refractivity contribution in [3.05, 3.63) is 12.4 Å². The van der Waals surface area contributed by atoms with E-state index in [1.54, 1.807) is 10.6 Å². The third kappa shape index (κ3) is 4.32. The first-order valence-corrected chi connectivity index (χ1v) is 10.1. The zero-order valence-electron chi connectivity index (χ0n) is 13.6. The molecule has 0 saturated carbocycles. The van der Waals surface area contributed by atoms with Crippen LogP contribution in [0.1, 0.15) is 25.7 Å². The summed E-state index contributed by atoms with van der Waals surface area (Å²) in [4.78, 5) is 10.9. The average molecular weight is 339 g/mol. The molecule has 7 nitrogen and oxygen atoms in total. The second kappa shape index (κ2) is 7.00. The van der Waals surface area contributed by atoms with Gasteiger partial charge >= 0.3 is 0 Å². The molecule has 0 amide bonds. The lowest BCUT2D eigenvalue weighted by atomic mass is 9.98. The minimum atomic E-state index is -3.04. The molecule has 2 aliphatic rings. The van der Waals surface area contributed by atoms with Gasteiger partial charge in [-0.1, -0.05) is 0 Å². The highest BCUT2D eigenvalue weighted by Crippen LogP contribution is 2.22. The second-order valence-corrected chi connectivity index (χ2v) is 8.42. The minimum Gasteiger partial charge on any atom is -0.370 e. The van der Waals surface area contributed by atoms with Gasteiger partial charge in [0, 0.05) is 38.8 Å². The summed E-state index contributed by atoms with van der Waals surface area (Å²) < 4.78 is 24.6. The standard InChI is InChI=1S/C15H25N5O2S/c1-23(21,22)20-8-4-13(5-9-20)11-16-14-10-15(18-12-17-14)19-6-2-3-7-19/h10,12-13H,2-9,11H2,1H3,(H,16,17,18). The third-order valence-corrected chi connectivity index (χ3v) is 6.00. The van der Waals surface area contributed by atoms with Gasteiger partial charge in [-0.3, -0.25) is 0 Å². The summed E-state index contributed by atoms with van der Waals surface area (Å²) in [5.41, 5.74) is 0. The van der Waals surface area contributed by atoms with Crippen LogP contribution in [0.15, 0.2) is 12.4 Å². The SMILES string of the molecule is CS(=O)(=O)N1CCC(CNc2cc(N3CCCC3)ncn2)CC1. The molecule has 2 fully saturated rings. The van der Waals surface area contributed by atoms with Gasteiger partial charge in [0.25, 0.3) is 0 Å². The lowest BCUT2D eigenvalue weighted by Crippen LogP contribution is -2.39. The quantitative estimate of drug-likeness (QED) is 0.867. The topological polar surface area (TPSA) is 78.4 Å². The first-order valence-electron chi connectivity index (χ1n) is 8.28. The van der Waals surface area contributed by atoms with Gasteiger partial charge in [-0.15, -0.1) is 0 Å². The first kappa shape index (κ1) is 16.4. The molecule has 1 aromatic rings. The van der Waals surface area contributed by atoms with Gasteiger partial charge in [-0.05, 0) is 31.6 Å². The molecule has 128 valence electrons. The van der Waals surface area contributed by atoms with Crippen molar-refractivity contribution < 1.29 is 8.42 Å². The molecule has 0 spiro atoms. The number of nitrogens with one attached hydrogen (secondary N) is 1. The van der Waals surface area contributed by atoms with Gasteiger partial charge < -0.3 is 10.2 Å². The van der Waals surface area contributed by atoms with Crippen LogP contribution in [-0.4, -0.2) is 61.7 Å². The zero-order valence-corrected chi connectivity index (χ0v) is 14.4. The van der Waals surface area contributed by atoms with Gasteiger partial charge in [0.2, 0.25) is 10.0 Å². The molecular weight excluding hydrogens is 314 g/mol. The molecular formula is C15H25N5O2S. The average Bonchev–Trinajstić information content (AvgIpc) is 3.07. The van der Waals surface area contributed by atoms with Crippen LogP contribution in [0.2, 0.25) is 0 Å². The predicted molar refractivity (Wildman–Crippen MR) is 91.1 cm³/mol. The second-order valence-electron chi connectivity index (χ2n) is 6.44. The predicted octanol–water partition coefficient (Wildman–Crippen LogP) is 1.16. The van der Waals surface area contributed by atoms with Crippen molar-refractivity contribution in [2.45, 2.75) is 25.7 Å². The summed E-state index contributed by atoms with van der Waals surface area (Å²) in [5, 5.41) is 3.39. The Morgan fingerprint density at radius 3 is 2.52 bits per heavy atom. The van der Waals surface area contributed by atoms with Crippen LogP contribution in [-0.2, 0) is 10.0 Å². The summed E-state index contributed by atoms with van der Waals surface area (Å²) in [6, 6.07) is 2.01. The van der Waals surface area contributed by atoms with E-state index in [2.05, 4.69) is 20.2 Å². The molecule has 0 bridgehead atoms. The summed E-state index contributed by atoms with van der Waals surface area (Å²) in [6.45, 7) is 4.21. The molecule has 3 rings (SSSR count). The Morgan fingerprint density at radius 1 is 1.17 bits per heavy atom. The molecule has 3 heterocycles. The van der Waals surface area contributed by atoms with Crippen molar-refractivity contribution in [3.8, 4) is 0 Å². The number of sulfonamides is 1. The van der Waals surface area contributed by atoms with Gasteiger partial charge in [-0.25, -0.2) is 22.7 Å². The Morgan fingerprint density at radius 2 is 1.87 bits per heavy atom. The summed E-state index contributed by atoms with van der Waals surface area (Å²) in [7, 11) is -3.04. The number of anilines is 2. The lowest BCUT2D eigenvalue weighted by molar-refractivity contribution is 0.283. The van der Waals surface area contributed by atoms with E-state index in [0.29, 0.717) is 19.0 Å². The number of aromatic nitrogens is 2. The van der Waals surface area contributed by atoms with E-state index >= 15 is 0 Å². The van der Waals surface area contributed by atoms with Gasteiger partial charge in [-0.2, -0.15) is 0 Å². The van der Waals surface area contributed by atoms with Crippen LogP contribution >= 0.6 is 0 Å². The Balaban J connectivity index is 1.50. The van der Waals surface area contributed by atoms with E-state index in [1.807, 2.05) is 6.07 Å². The Bertz CT molecular complexity index is 623. The zero-order chi connectivity index (χ0) is 16.3. The maximum absolute atomic E-state index is 11.5. The molecule has 1 N–H and O–H groups in total. The first-order chi connectivity index (χ1) is 11.0. The normalized spacial score (nSPS) is 20.8. The van der Waals surface area contributed by atoms with Crippen molar-refractivity contribution in [2.24, 2.45) is 5.92 Å². The van der Waals surface area contributed by atoms with Crippen LogP contribution in [0.3, 0.4) is 0 Å². The summed E-state index contributed by atoms with van der Waals surface area (Å²) >= 11 is 0. The minimum absolute atomic E-state index is 0.484. The van der Waals surface area contributed by atoms with E-state index in [9.17, 15) is 8.42 Å². The lowest BCUT2D eigenvalue weighted by Gasteiger charge is -2.30. The van der Waals surface area contributed by atoms with E-state index in [4.69, 9.17) is 0 Å². The van der Waals surface area contributed by atoms with Crippen LogP contribution in [0, 0.1) is 5.92 Å². The smallest absolute Gasteiger partial charge is 0.211 e. The number of rotatable bonds is 5. The molecule has 0 aromatic carbocycles. The van der Waals surface area contributed by atoms with Gasteiger partial charge in [0.1, 0.15) is 18.0 Å². The molecule has 23 heavy (non-hydrogen) atoms. The molecule has 1 aromatic heterocycles. The fraction of sp³-hybridized carbons (Fsp3) is 0.733. The van der Waals surface area contributed by atoms with Crippen molar-refractivity contribution in [1.82, 2.24) is 14.3 Å². The fourth-order valence-corrected chi connectivity index (χ4v) is 4.13. The highest BCUT2D eigenvalue weighted by molar-refractivity contribution is 7.88. The number of hydrogen-bond donors (Lipinski definition) is 1. The molecule has 0 radical (unpaired) electrons. The van der Waals surface area contributed by atoms with Crippen molar-refractivity contribution in [2.75, 3.05) is 49.2 Å². The third-order valence-electron chi connectivity index (χ3n) is 4.70. The highest BCUT2D eigenvalue weighted by Gasteiger charge is 2.24. The van der Waals surface area contributed by atoms with E-state index in [0.717, 1.165) is 44.1 Å². The highest BCUT2D eigenvalue weighted by atomic mass is 32.2. The maximum atomic E-state index is 11.5. The number of hydrogen-bond acceptors (Lipinski definition) is 6. The van der Waals surface area contributed by atoms with Crippen molar-refractivity contribution >= 4 is 21.7 Å². The van der Waals surface area contributed by atoms with Crippen LogP contribution in [0.5, 0.6) is 0 Å². The van der Waals surface area contributed by atoms with Crippen LogP contribution in [0.25, 0.3) is 0 Å². The van der Waals surface area contributed by atoms with Crippen molar-refractivity contribution in [1.29, 1.82) is 0 Å². The largest absolute Gasteiger partial charge is 0.370 e. The van der Waals surface area contributed by atoms with E-state index in [1.165, 1.54) is 19.1 Å². The molecule has 2 saturated heterocycles. The van der Waals surface area contributed by atoms with Gasteiger partial charge in [0.15, 0.2) is 0 Å². The fourth-order valence-electron chi connectivity index (χ4n) is 3.26. The Hall–Kier alpha value is -1.41. The van der Waals surface area contributed by atoms with Crippen LogP contribution in [0.4, 0.5) is 11.6 Å². The van der Waals surface area contributed by atoms with Gasteiger partial charge in [0.05, 0.1) is 6.26 Å². The maximum Gasteiger partial charge on any atom is 0.211 e. The number of piperidine rings is 1. The van der Waals surface area contributed by atoms with Crippen molar-refractivity contribution in [3.63, 3.8) is 0 Å². The Labute approximate surface area is 138 Å². The summed E-state index contributed by atoms with van der Waals surface area (Å²) in [6.07, 6.45) is 7.14. The molecule has 0 atom stereocenters. The van der Waals surface area contributed by atoms with E-state index in [-0.39, 0.29) is 0 Å². The van der Waals surface area contributed by atoms with Crippen LogP contribution < -0.4 is 10.2 Å². The molecule has 0 aliphatic carbocycles. The molecule has 2 aliphatic heterocycles. The Kier molecular flexibility index (Phi) is 5.01. The molecule has 8 heteroatoms.